The standard InChI is InChI=1S/C16H22N6S/c1-21-4-6-22(7-5-21)15-9-12(19-16(17)20-15)14-8-11-10-18-3-2-13(11)23-14/h8-9,18H,2-7,10H2,1H3,(H2,17,19,20). The fourth-order valence-corrected chi connectivity index (χ4v) is 4.30. The van der Waals surface area contributed by atoms with Crippen LogP contribution in [0.15, 0.2) is 12.1 Å². The molecule has 0 aromatic carbocycles. The Kier molecular flexibility index (Phi) is 3.92. The molecular weight excluding hydrogens is 308 g/mol. The molecule has 2 aliphatic rings. The summed E-state index contributed by atoms with van der Waals surface area (Å²) in [5.41, 5.74) is 8.33. The van der Waals surface area contributed by atoms with E-state index in [4.69, 9.17) is 5.73 Å². The van der Waals surface area contributed by atoms with Crippen molar-refractivity contribution in [1.82, 2.24) is 20.2 Å². The average Bonchev–Trinajstić information content (AvgIpc) is 2.99. The summed E-state index contributed by atoms with van der Waals surface area (Å²) in [4.78, 5) is 16.2. The van der Waals surface area contributed by atoms with Gasteiger partial charge in [-0.2, -0.15) is 4.98 Å². The van der Waals surface area contributed by atoms with E-state index in [9.17, 15) is 0 Å². The molecule has 7 heteroatoms. The third-order valence-electron chi connectivity index (χ3n) is 4.55. The Morgan fingerprint density at radius 3 is 2.78 bits per heavy atom. The number of nitrogens with zero attached hydrogens (tertiary/aromatic N) is 4. The van der Waals surface area contributed by atoms with Gasteiger partial charge in [-0.25, -0.2) is 4.98 Å². The third-order valence-corrected chi connectivity index (χ3v) is 5.81. The van der Waals surface area contributed by atoms with Crippen LogP contribution in [-0.2, 0) is 13.0 Å². The number of aromatic nitrogens is 2. The van der Waals surface area contributed by atoms with Gasteiger partial charge in [-0.05, 0) is 25.1 Å². The van der Waals surface area contributed by atoms with Crippen molar-refractivity contribution in [1.29, 1.82) is 0 Å². The topological polar surface area (TPSA) is 70.3 Å². The van der Waals surface area contributed by atoms with Gasteiger partial charge in [0.25, 0.3) is 0 Å². The van der Waals surface area contributed by atoms with Crippen molar-refractivity contribution < 1.29 is 0 Å². The van der Waals surface area contributed by atoms with Gasteiger partial charge in [-0.1, -0.05) is 0 Å². The van der Waals surface area contributed by atoms with Crippen molar-refractivity contribution in [2.45, 2.75) is 13.0 Å². The first-order valence-electron chi connectivity index (χ1n) is 8.10. The summed E-state index contributed by atoms with van der Waals surface area (Å²) in [6, 6.07) is 4.34. The zero-order chi connectivity index (χ0) is 15.8. The normalized spacial score (nSPS) is 18.9. The number of nitrogens with one attached hydrogen (secondary N) is 1. The van der Waals surface area contributed by atoms with Crippen LogP contribution in [0.25, 0.3) is 10.6 Å². The Labute approximate surface area is 140 Å². The number of rotatable bonds is 2. The smallest absolute Gasteiger partial charge is 0.222 e. The summed E-state index contributed by atoms with van der Waals surface area (Å²) < 4.78 is 0. The van der Waals surface area contributed by atoms with Crippen LogP contribution in [0, 0.1) is 0 Å². The Bertz CT molecular complexity index is 681. The average molecular weight is 330 g/mol. The minimum atomic E-state index is 0.362. The largest absolute Gasteiger partial charge is 0.368 e. The molecule has 1 saturated heterocycles. The highest BCUT2D eigenvalue weighted by molar-refractivity contribution is 7.15. The molecule has 2 aliphatic heterocycles. The fraction of sp³-hybridized carbons (Fsp3) is 0.500. The highest BCUT2D eigenvalue weighted by Gasteiger charge is 2.19. The van der Waals surface area contributed by atoms with E-state index in [2.05, 4.69) is 44.3 Å². The van der Waals surface area contributed by atoms with Crippen LogP contribution >= 0.6 is 11.3 Å². The van der Waals surface area contributed by atoms with E-state index in [0.29, 0.717) is 5.95 Å². The van der Waals surface area contributed by atoms with Crippen molar-refractivity contribution in [3.8, 4) is 10.6 Å². The molecule has 0 unspecified atom stereocenters. The number of thiophene rings is 1. The maximum absolute atomic E-state index is 5.99. The molecular formula is C16H22N6S. The second-order valence-electron chi connectivity index (χ2n) is 6.25. The maximum atomic E-state index is 5.99. The molecule has 0 amide bonds. The lowest BCUT2D eigenvalue weighted by Crippen LogP contribution is -2.44. The monoisotopic (exact) mass is 330 g/mol. The lowest BCUT2D eigenvalue weighted by atomic mass is 10.1. The van der Waals surface area contributed by atoms with E-state index in [-0.39, 0.29) is 0 Å². The number of anilines is 2. The van der Waals surface area contributed by atoms with Gasteiger partial charge >= 0.3 is 0 Å². The molecule has 1 fully saturated rings. The molecule has 0 radical (unpaired) electrons. The van der Waals surface area contributed by atoms with Gasteiger partial charge in [0.05, 0.1) is 10.6 Å². The van der Waals surface area contributed by atoms with Gasteiger partial charge in [0.2, 0.25) is 5.95 Å². The number of nitrogen functional groups attached to an aromatic ring is 1. The second kappa shape index (κ2) is 6.07. The van der Waals surface area contributed by atoms with Crippen molar-refractivity contribution in [2.24, 2.45) is 0 Å². The van der Waals surface area contributed by atoms with E-state index < -0.39 is 0 Å². The molecule has 0 aliphatic carbocycles. The maximum Gasteiger partial charge on any atom is 0.222 e. The Hall–Kier alpha value is -1.70. The first kappa shape index (κ1) is 14.9. The zero-order valence-electron chi connectivity index (χ0n) is 13.4. The van der Waals surface area contributed by atoms with Crippen LogP contribution in [0.5, 0.6) is 0 Å². The molecule has 2 aromatic heterocycles. The summed E-state index contributed by atoms with van der Waals surface area (Å²) in [5, 5.41) is 3.42. The van der Waals surface area contributed by atoms with Crippen molar-refractivity contribution in [3.63, 3.8) is 0 Å². The summed E-state index contributed by atoms with van der Waals surface area (Å²) in [7, 11) is 2.15. The number of nitrogens with two attached hydrogens (primary N) is 1. The van der Waals surface area contributed by atoms with E-state index in [0.717, 1.165) is 57.2 Å². The second-order valence-corrected chi connectivity index (χ2v) is 7.38. The third kappa shape index (κ3) is 3.04. The van der Waals surface area contributed by atoms with Crippen molar-refractivity contribution >= 4 is 23.1 Å². The molecule has 4 heterocycles. The molecule has 0 spiro atoms. The van der Waals surface area contributed by atoms with E-state index in [1.165, 1.54) is 15.3 Å². The summed E-state index contributed by atoms with van der Waals surface area (Å²) in [6.07, 6.45) is 1.10. The lowest BCUT2D eigenvalue weighted by molar-refractivity contribution is 0.312. The molecule has 122 valence electrons. The van der Waals surface area contributed by atoms with Gasteiger partial charge in [0, 0.05) is 50.2 Å². The number of fused-ring (bicyclic) bond motifs is 1. The molecule has 6 nitrogen and oxygen atoms in total. The SMILES string of the molecule is CN1CCN(c2cc(-c3cc4c(s3)CCNC4)nc(N)n2)CC1. The highest BCUT2D eigenvalue weighted by Crippen LogP contribution is 2.33. The summed E-state index contributed by atoms with van der Waals surface area (Å²) in [5.74, 6) is 1.31. The van der Waals surface area contributed by atoms with Crippen LogP contribution in [-0.4, -0.2) is 54.6 Å². The van der Waals surface area contributed by atoms with Crippen molar-refractivity contribution in [2.75, 3.05) is 50.4 Å². The zero-order valence-corrected chi connectivity index (χ0v) is 14.2. The van der Waals surface area contributed by atoms with E-state index in [1.54, 1.807) is 0 Å². The molecule has 0 saturated carbocycles. The molecule has 0 bridgehead atoms. The molecule has 2 aromatic rings. The van der Waals surface area contributed by atoms with Gasteiger partial charge in [0.1, 0.15) is 5.82 Å². The first-order valence-corrected chi connectivity index (χ1v) is 8.91. The minimum absolute atomic E-state index is 0.362. The van der Waals surface area contributed by atoms with E-state index in [1.807, 2.05) is 11.3 Å². The van der Waals surface area contributed by atoms with Crippen LogP contribution in [0.1, 0.15) is 10.4 Å². The van der Waals surface area contributed by atoms with Crippen LogP contribution < -0.4 is 16.0 Å². The van der Waals surface area contributed by atoms with Crippen LogP contribution in [0.4, 0.5) is 11.8 Å². The quantitative estimate of drug-likeness (QED) is 0.862. The van der Waals surface area contributed by atoms with Crippen molar-refractivity contribution in [3.05, 3.63) is 22.6 Å². The van der Waals surface area contributed by atoms with Crippen LogP contribution in [0.2, 0.25) is 0 Å². The first-order chi connectivity index (χ1) is 11.2. The van der Waals surface area contributed by atoms with E-state index >= 15 is 0 Å². The lowest BCUT2D eigenvalue weighted by Gasteiger charge is -2.33. The van der Waals surface area contributed by atoms with Gasteiger partial charge < -0.3 is 20.9 Å². The van der Waals surface area contributed by atoms with Crippen LogP contribution in [0.3, 0.4) is 0 Å². The van der Waals surface area contributed by atoms with Gasteiger partial charge in [-0.15, -0.1) is 11.3 Å². The fourth-order valence-electron chi connectivity index (χ4n) is 3.16. The minimum Gasteiger partial charge on any atom is -0.368 e. The Morgan fingerprint density at radius 1 is 1.17 bits per heavy atom. The predicted octanol–water partition coefficient (Wildman–Crippen LogP) is 1.18. The van der Waals surface area contributed by atoms with Gasteiger partial charge in [0.15, 0.2) is 0 Å². The highest BCUT2D eigenvalue weighted by atomic mass is 32.1. The number of hydrogen-bond acceptors (Lipinski definition) is 7. The number of likely N-dealkylation sites (N-methyl/N-ethyl adjacent to an activating group) is 1. The Morgan fingerprint density at radius 2 is 2.00 bits per heavy atom. The molecule has 3 N–H and O–H groups in total. The number of piperazine rings is 1. The molecule has 0 atom stereocenters. The number of hydrogen-bond donors (Lipinski definition) is 2. The predicted molar refractivity (Wildman–Crippen MR) is 94.9 cm³/mol. The van der Waals surface area contributed by atoms with Gasteiger partial charge in [-0.3, -0.25) is 0 Å². The Balaban J connectivity index is 1.65. The summed E-state index contributed by atoms with van der Waals surface area (Å²) in [6.45, 7) is 6.09. The summed E-state index contributed by atoms with van der Waals surface area (Å²) >= 11 is 1.84. The molecule has 4 rings (SSSR count). The molecule has 23 heavy (non-hydrogen) atoms.